The van der Waals surface area contributed by atoms with Gasteiger partial charge >= 0.3 is 0 Å². The summed E-state index contributed by atoms with van der Waals surface area (Å²) < 4.78 is 2.23. The lowest BCUT2D eigenvalue weighted by atomic mass is 9.95. The van der Waals surface area contributed by atoms with Crippen molar-refractivity contribution in [2.45, 2.75) is 45.7 Å². The monoisotopic (exact) mass is 493 g/mol. The summed E-state index contributed by atoms with van der Waals surface area (Å²) in [6, 6.07) is 26.4. The smallest absolute Gasteiger partial charge is 0.254 e. The molecule has 0 aliphatic carbocycles. The molecular formula is C32H35N3O2. The van der Waals surface area contributed by atoms with Crippen LogP contribution in [0.3, 0.4) is 0 Å². The largest absolute Gasteiger partial charge is 0.348 e. The molecule has 0 saturated carbocycles. The van der Waals surface area contributed by atoms with Gasteiger partial charge in [0.1, 0.15) is 6.54 Å². The molecular weight excluding hydrogens is 458 g/mol. The Hall–Kier alpha value is -3.86. The average molecular weight is 494 g/mol. The van der Waals surface area contributed by atoms with Gasteiger partial charge in [-0.2, -0.15) is 0 Å². The minimum Gasteiger partial charge on any atom is -0.348 e. The standard InChI is InChI=1S/C32H35N3O2/c1-4-17-34(32(37)28-16-13-25-8-5-6-9-27(25)21-28)22-30(36)35-20-19-33-18-7-10-29(33)31(35)26-14-11-24(12-15-26)23(2)3/h5-16,18,21,23,31H,4,17,19-20,22H2,1-3H3/t31-/m0/s1. The molecule has 37 heavy (non-hydrogen) atoms. The van der Waals surface area contributed by atoms with Crippen molar-refractivity contribution in [3.63, 3.8) is 0 Å². The van der Waals surface area contributed by atoms with E-state index in [1.807, 2.05) is 60.4 Å². The molecule has 0 spiro atoms. The van der Waals surface area contributed by atoms with Crippen molar-refractivity contribution in [2.75, 3.05) is 19.6 Å². The Balaban J connectivity index is 1.41. The molecule has 5 nitrogen and oxygen atoms in total. The van der Waals surface area contributed by atoms with E-state index in [-0.39, 0.29) is 24.4 Å². The van der Waals surface area contributed by atoms with E-state index >= 15 is 0 Å². The van der Waals surface area contributed by atoms with Gasteiger partial charge in [0, 0.05) is 37.1 Å². The molecule has 1 atom stereocenters. The molecule has 1 aliphatic rings. The van der Waals surface area contributed by atoms with E-state index in [2.05, 4.69) is 54.9 Å². The zero-order chi connectivity index (χ0) is 25.9. The van der Waals surface area contributed by atoms with Gasteiger partial charge in [-0.05, 0) is 58.5 Å². The summed E-state index contributed by atoms with van der Waals surface area (Å²) in [6.07, 6.45) is 2.87. The maximum atomic E-state index is 13.8. The van der Waals surface area contributed by atoms with Crippen molar-refractivity contribution in [1.82, 2.24) is 14.4 Å². The number of benzene rings is 3. The summed E-state index contributed by atoms with van der Waals surface area (Å²) in [4.78, 5) is 31.1. The number of aromatic nitrogens is 1. The van der Waals surface area contributed by atoms with Crippen LogP contribution in [0.4, 0.5) is 0 Å². The Morgan fingerprint density at radius 1 is 0.919 bits per heavy atom. The number of fused-ring (bicyclic) bond motifs is 2. The number of carbonyl (C=O) groups is 2. The first-order chi connectivity index (χ1) is 18.0. The quantitative estimate of drug-likeness (QED) is 0.306. The highest BCUT2D eigenvalue weighted by atomic mass is 16.2. The third-order valence-electron chi connectivity index (χ3n) is 7.38. The Bertz CT molecular complexity index is 1400. The fourth-order valence-electron chi connectivity index (χ4n) is 5.35. The molecule has 0 saturated heterocycles. The lowest BCUT2D eigenvalue weighted by molar-refractivity contribution is -0.134. The van der Waals surface area contributed by atoms with Crippen LogP contribution in [0.5, 0.6) is 0 Å². The Morgan fingerprint density at radius 2 is 1.68 bits per heavy atom. The van der Waals surface area contributed by atoms with E-state index in [1.165, 1.54) is 5.56 Å². The maximum Gasteiger partial charge on any atom is 0.254 e. The number of carbonyl (C=O) groups excluding carboxylic acids is 2. The van der Waals surface area contributed by atoms with Crippen molar-refractivity contribution in [1.29, 1.82) is 0 Å². The third-order valence-corrected chi connectivity index (χ3v) is 7.38. The van der Waals surface area contributed by atoms with Crippen molar-refractivity contribution in [3.8, 4) is 0 Å². The van der Waals surface area contributed by atoms with E-state index < -0.39 is 0 Å². The first kappa shape index (κ1) is 24.8. The number of hydrogen-bond acceptors (Lipinski definition) is 2. The normalized spacial score (nSPS) is 15.1. The first-order valence-corrected chi connectivity index (χ1v) is 13.3. The minimum absolute atomic E-state index is 0.0204. The van der Waals surface area contributed by atoms with Crippen LogP contribution in [0.25, 0.3) is 10.8 Å². The summed E-state index contributed by atoms with van der Waals surface area (Å²) in [6.45, 7) is 8.38. The Labute approximate surface area is 219 Å². The van der Waals surface area contributed by atoms with E-state index in [0.29, 0.717) is 24.6 Å². The average Bonchev–Trinajstić information content (AvgIpc) is 3.40. The molecule has 1 aromatic heterocycles. The van der Waals surface area contributed by atoms with Crippen LogP contribution < -0.4 is 0 Å². The highest BCUT2D eigenvalue weighted by Crippen LogP contribution is 2.33. The number of hydrogen-bond donors (Lipinski definition) is 0. The topological polar surface area (TPSA) is 45.6 Å². The van der Waals surface area contributed by atoms with Crippen molar-refractivity contribution >= 4 is 22.6 Å². The molecule has 1 aliphatic heterocycles. The van der Waals surface area contributed by atoms with E-state index in [9.17, 15) is 9.59 Å². The van der Waals surface area contributed by atoms with Crippen LogP contribution in [-0.4, -0.2) is 45.8 Å². The van der Waals surface area contributed by atoms with Crippen molar-refractivity contribution < 1.29 is 9.59 Å². The predicted molar refractivity (Wildman–Crippen MR) is 149 cm³/mol. The van der Waals surface area contributed by atoms with Gasteiger partial charge in [0.2, 0.25) is 5.91 Å². The molecule has 2 heterocycles. The van der Waals surface area contributed by atoms with Crippen LogP contribution in [-0.2, 0) is 11.3 Å². The SMILES string of the molecule is CCCN(CC(=O)N1CCn2cccc2[C@@H]1c1ccc(C(C)C)cc1)C(=O)c1ccc2ccccc2c1. The molecule has 5 rings (SSSR count). The van der Waals surface area contributed by atoms with Gasteiger partial charge < -0.3 is 14.4 Å². The van der Waals surface area contributed by atoms with Gasteiger partial charge in [-0.25, -0.2) is 0 Å². The van der Waals surface area contributed by atoms with E-state index in [1.54, 1.807) is 4.90 Å². The maximum absolute atomic E-state index is 13.8. The highest BCUT2D eigenvalue weighted by Gasteiger charge is 2.33. The fourth-order valence-corrected chi connectivity index (χ4v) is 5.35. The summed E-state index contributed by atoms with van der Waals surface area (Å²) >= 11 is 0. The molecule has 0 N–H and O–H groups in total. The molecule has 2 amide bonds. The lowest BCUT2D eigenvalue weighted by Crippen LogP contribution is -2.48. The molecule has 3 aromatic carbocycles. The zero-order valence-corrected chi connectivity index (χ0v) is 21.9. The van der Waals surface area contributed by atoms with Gasteiger partial charge in [-0.1, -0.05) is 75.4 Å². The third kappa shape index (κ3) is 5.04. The second-order valence-electron chi connectivity index (χ2n) is 10.2. The highest BCUT2D eigenvalue weighted by molar-refractivity contribution is 6.00. The summed E-state index contributed by atoms with van der Waals surface area (Å²) in [5, 5.41) is 2.12. The predicted octanol–water partition coefficient (Wildman–Crippen LogP) is 6.25. The summed E-state index contributed by atoms with van der Waals surface area (Å²) in [7, 11) is 0. The molecule has 0 unspecified atom stereocenters. The van der Waals surface area contributed by atoms with Crippen LogP contribution in [0.1, 0.15) is 66.3 Å². The molecule has 4 aromatic rings. The van der Waals surface area contributed by atoms with Gasteiger partial charge in [0.25, 0.3) is 5.91 Å². The molecule has 0 fully saturated rings. The second-order valence-corrected chi connectivity index (χ2v) is 10.2. The molecule has 0 bridgehead atoms. The van der Waals surface area contributed by atoms with Crippen LogP contribution >= 0.6 is 0 Å². The molecule has 0 radical (unpaired) electrons. The van der Waals surface area contributed by atoms with Crippen molar-refractivity contribution in [2.24, 2.45) is 0 Å². The molecule has 5 heteroatoms. The number of amides is 2. The Kier molecular flexibility index (Phi) is 7.13. The fraction of sp³-hybridized carbons (Fsp3) is 0.312. The Morgan fingerprint density at radius 3 is 2.41 bits per heavy atom. The van der Waals surface area contributed by atoms with Gasteiger partial charge in [-0.3, -0.25) is 9.59 Å². The van der Waals surface area contributed by atoms with Gasteiger partial charge in [0.15, 0.2) is 0 Å². The van der Waals surface area contributed by atoms with Crippen molar-refractivity contribution in [3.05, 3.63) is 107 Å². The zero-order valence-electron chi connectivity index (χ0n) is 21.9. The van der Waals surface area contributed by atoms with Crippen LogP contribution in [0.15, 0.2) is 85.1 Å². The minimum atomic E-state index is -0.170. The molecule has 190 valence electrons. The number of nitrogens with zero attached hydrogens (tertiary/aromatic N) is 3. The van der Waals surface area contributed by atoms with E-state index in [4.69, 9.17) is 0 Å². The first-order valence-electron chi connectivity index (χ1n) is 13.3. The van der Waals surface area contributed by atoms with E-state index in [0.717, 1.165) is 35.0 Å². The van der Waals surface area contributed by atoms with Crippen LogP contribution in [0, 0.1) is 0 Å². The van der Waals surface area contributed by atoms with Gasteiger partial charge in [-0.15, -0.1) is 0 Å². The van der Waals surface area contributed by atoms with Gasteiger partial charge in [0.05, 0.1) is 6.04 Å². The summed E-state index contributed by atoms with van der Waals surface area (Å²) in [5.41, 5.74) is 4.11. The van der Waals surface area contributed by atoms with Crippen LogP contribution in [0.2, 0.25) is 0 Å². The number of rotatable bonds is 7. The summed E-state index contributed by atoms with van der Waals surface area (Å²) in [5.74, 6) is 0.331. The second kappa shape index (κ2) is 10.6. The lowest BCUT2D eigenvalue weighted by Gasteiger charge is -2.38.